The van der Waals surface area contributed by atoms with Crippen molar-refractivity contribution in [2.24, 2.45) is 0 Å². The van der Waals surface area contributed by atoms with Crippen LogP contribution in [0, 0.1) is 0 Å². The summed E-state index contributed by atoms with van der Waals surface area (Å²) in [7, 11) is -1.46. The summed E-state index contributed by atoms with van der Waals surface area (Å²) in [5, 5.41) is 0. The number of benzene rings is 1. The summed E-state index contributed by atoms with van der Waals surface area (Å²) in [5.74, 6) is 0. The minimum absolute atomic E-state index is 0.311. The molecule has 0 aliphatic carbocycles. The molecule has 1 aromatic rings. The maximum Gasteiger partial charge on any atom is 0.244 e. The first-order valence-corrected chi connectivity index (χ1v) is 6.29. The molecule has 0 fully saturated rings. The van der Waals surface area contributed by atoms with E-state index in [1.165, 1.54) is 0 Å². The van der Waals surface area contributed by atoms with Gasteiger partial charge in [0.1, 0.15) is 4.90 Å². The van der Waals surface area contributed by atoms with Gasteiger partial charge in [0.25, 0.3) is 0 Å². The number of fused-ring (bicyclic) bond motifs is 1. The third kappa shape index (κ3) is 1.53. The lowest BCUT2D eigenvalue weighted by molar-refractivity contribution is 0.575. The van der Waals surface area contributed by atoms with E-state index in [2.05, 4.69) is 20.7 Å². The fraction of sp³-hybridized carbons (Fsp3) is 0.250. The Morgan fingerprint density at radius 2 is 2.21 bits per heavy atom. The van der Waals surface area contributed by atoms with Crippen LogP contribution in [-0.4, -0.2) is 22.1 Å². The lowest BCUT2D eigenvalue weighted by Gasteiger charge is -2.27. The Morgan fingerprint density at radius 3 is 2.93 bits per heavy atom. The van der Waals surface area contributed by atoms with E-state index in [1.807, 2.05) is 11.9 Å². The zero-order chi connectivity index (χ0) is 10.3. The zero-order valence-corrected chi connectivity index (χ0v) is 9.89. The smallest absolute Gasteiger partial charge is 0.244 e. The highest BCUT2D eigenvalue weighted by Crippen LogP contribution is 2.30. The van der Waals surface area contributed by atoms with Crippen molar-refractivity contribution in [2.45, 2.75) is 4.90 Å². The van der Waals surface area contributed by atoms with Crippen molar-refractivity contribution in [2.75, 3.05) is 18.6 Å². The summed E-state index contributed by atoms with van der Waals surface area (Å²) < 4.78 is 26.5. The summed E-state index contributed by atoms with van der Waals surface area (Å²) in [4.78, 5) is 2.18. The van der Waals surface area contributed by atoms with Gasteiger partial charge in [0.15, 0.2) is 0 Å². The van der Waals surface area contributed by atoms with E-state index in [0.717, 1.165) is 10.2 Å². The van der Waals surface area contributed by atoms with Crippen LogP contribution in [0.15, 0.2) is 27.6 Å². The molecule has 0 atom stereocenters. The van der Waals surface area contributed by atoms with Gasteiger partial charge in [-0.05, 0) is 18.2 Å². The molecule has 14 heavy (non-hydrogen) atoms. The van der Waals surface area contributed by atoms with E-state index in [-0.39, 0.29) is 0 Å². The Morgan fingerprint density at radius 1 is 1.50 bits per heavy atom. The molecule has 1 N–H and O–H groups in total. The van der Waals surface area contributed by atoms with Gasteiger partial charge < -0.3 is 4.90 Å². The maximum absolute atomic E-state index is 11.6. The minimum Gasteiger partial charge on any atom is -0.360 e. The number of anilines is 1. The van der Waals surface area contributed by atoms with Crippen LogP contribution in [-0.2, 0) is 10.0 Å². The molecule has 0 aromatic heterocycles. The molecule has 0 spiro atoms. The SMILES string of the molecule is CN1CNS(=O)(=O)c2ccc(Br)cc21. The van der Waals surface area contributed by atoms with Crippen LogP contribution in [0.4, 0.5) is 5.69 Å². The molecule has 0 bridgehead atoms. The average molecular weight is 277 g/mol. The number of hydrogen-bond acceptors (Lipinski definition) is 3. The van der Waals surface area contributed by atoms with Crippen LogP contribution in [0.2, 0.25) is 0 Å². The molecule has 0 unspecified atom stereocenters. The summed E-state index contributed by atoms with van der Waals surface area (Å²) in [5.41, 5.74) is 0.720. The van der Waals surface area contributed by atoms with Crippen molar-refractivity contribution in [3.63, 3.8) is 0 Å². The molecule has 0 amide bonds. The number of nitrogens with one attached hydrogen (secondary N) is 1. The molecular formula is C8H9BrN2O2S. The molecule has 0 saturated heterocycles. The van der Waals surface area contributed by atoms with E-state index in [1.54, 1.807) is 18.2 Å². The molecule has 4 nitrogen and oxygen atoms in total. The van der Waals surface area contributed by atoms with Gasteiger partial charge in [-0.3, -0.25) is 0 Å². The summed E-state index contributed by atoms with van der Waals surface area (Å²) in [6.45, 7) is 0.311. The largest absolute Gasteiger partial charge is 0.360 e. The standard InChI is InChI=1S/C8H9BrN2O2S/c1-11-5-10-14(12,13)8-3-2-6(9)4-7(8)11/h2-4,10H,5H2,1H3. The summed E-state index contributed by atoms with van der Waals surface area (Å²) >= 11 is 3.31. The lowest BCUT2D eigenvalue weighted by Crippen LogP contribution is -2.40. The number of halogens is 1. The third-order valence-electron chi connectivity index (χ3n) is 2.11. The van der Waals surface area contributed by atoms with Gasteiger partial charge in [0.05, 0.1) is 12.4 Å². The molecule has 0 radical (unpaired) electrons. The molecule has 1 heterocycles. The normalized spacial score (nSPS) is 19.1. The Kier molecular flexibility index (Phi) is 2.29. The van der Waals surface area contributed by atoms with Gasteiger partial charge in [0.2, 0.25) is 10.0 Å². The molecule has 76 valence electrons. The first-order chi connectivity index (χ1) is 6.50. The number of rotatable bonds is 0. The first kappa shape index (κ1) is 9.95. The van der Waals surface area contributed by atoms with E-state index >= 15 is 0 Å². The maximum atomic E-state index is 11.6. The van der Waals surface area contributed by atoms with E-state index in [4.69, 9.17) is 0 Å². The van der Waals surface area contributed by atoms with Crippen molar-refractivity contribution in [1.82, 2.24) is 4.72 Å². The van der Waals surface area contributed by atoms with Crippen LogP contribution in [0.1, 0.15) is 0 Å². The molecule has 1 aliphatic rings. The highest BCUT2D eigenvalue weighted by atomic mass is 79.9. The van der Waals surface area contributed by atoms with Gasteiger partial charge in [-0.1, -0.05) is 15.9 Å². The minimum atomic E-state index is -3.30. The van der Waals surface area contributed by atoms with Crippen LogP contribution in [0.25, 0.3) is 0 Å². The van der Waals surface area contributed by atoms with Crippen LogP contribution in [0.5, 0.6) is 0 Å². The topological polar surface area (TPSA) is 49.4 Å². The highest BCUT2D eigenvalue weighted by Gasteiger charge is 2.25. The number of sulfonamides is 1. The molecule has 2 rings (SSSR count). The average Bonchev–Trinajstić information content (AvgIpc) is 2.12. The van der Waals surface area contributed by atoms with Crippen molar-refractivity contribution >= 4 is 31.6 Å². The highest BCUT2D eigenvalue weighted by molar-refractivity contribution is 9.10. The third-order valence-corrected chi connectivity index (χ3v) is 4.04. The predicted octanol–water partition coefficient (Wildman–Crippen LogP) is 1.13. The fourth-order valence-electron chi connectivity index (χ4n) is 1.36. The Labute approximate surface area is 91.1 Å². The number of hydrogen-bond donors (Lipinski definition) is 1. The second-order valence-electron chi connectivity index (χ2n) is 3.12. The molecule has 1 aromatic carbocycles. The molecule has 0 saturated carbocycles. The molecule has 1 aliphatic heterocycles. The second-order valence-corrected chi connectivity index (χ2v) is 5.77. The number of nitrogens with zero attached hydrogens (tertiary/aromatic N) is 1. The van der Waals surface area contributed by atoms with Gasteiger partial charge >= 0.3 is 0 Å². The Bertz CT molecular complexity index is 472. The zero-order valence-electron chi connectivity index (χ0n) is 7.49. The Balaban J connectivity index is 2.69. The van der Waals surface area contributed by atoms with E-state index in [0.29, 0.717) is 11.6 Å². The van der Waals surface area contributed by atoms with Crippen LogP contribution >= 0.6 is 15.9 Å². The fourth-order valence-corrected chi connectivity index (χ4v) is 2.97. The van der Waals surface area contributed by atoms with Gasteiger partial charge in [-0.2, -0.15) is 4.72 Å². The van der Waals surface area contributed by atoms with Crippen molar-refractivity contribution in [1.29, 1.82) is 0 Å². The predicted molar refractivity (Wildman–Crippen MR) is 57.7 cm³/mol. The van der Waals surface area contributed by atoms with Crippen molar-refractivity contribution in [3.8, 4) is 0 Å². The lowest BCUT2D eigenvalue weighted by atomic mass is 10.3. The van der Waals surface area contributed by atoms with Crippen molar-refractivity contribution < 1.29 is 8.42 Å². The van der Waals surface area contributed by atoms with Crippen LogP contribution < -0.4 is 9.62 Å². The van der Waals surface area contributed by atoms with E-state index < -0.39 is 10.0 Å². The van der Waals surface area contributed by atoms with E-state index in [9.17, 15) is 8.42 Å². The van der Waals surface area contributed by atoms with Gasteiger partial charge in [-0.25, -0.2) is 8.42 Å². The van der Waals surface area contributed by atoms with Crippen molar-refractivity contribution in [3.05, 3.63) is 22.7 Å². The monoisotopic (exact) mass is 276 g/mol. The van der Waals surface area contributed by atoms with Gasteiger partial charge in [0, 0.05) is 11.5 Å². The quantitative estimate of drug-likeness (QED) is 0.773. The van der Waals surface area contributed by atoms with Gasteiger partial charge in [-0.15, -0.1) is 0 Å². The summed E-state index contributed by atoms with van der Waals surface area (Å²) in [6, 6.07) is 5.11. The Hall–Kier alpha value is -0.590. The summed E-state index contributed by atoms with van der Waals surface area (Å²) in [6.07, 6.45) is 0. The van der Waals surface area contributed by atoms with Crippen LogP contribution in [0.3, 0.4) is 0 Å². The molecule has 6 heteroatoms. The second kappa shape index (κ2) is 3.22. The molecular weight excluding hydrogens is 268 g/mol. The first-order valence-electron chi connectivity index (χ1n) is 4.01.